The zero-order chi connectivity index (χ0) is 20.1. The van der Waals surface area contributed by atoms with Crippen LogP contribution in [0.5, 0.6) is 0 Å². The predicted molar refractivity (Wildman–Crippen MR) is 106 cm³/mol. The minimum Gasteiger partial charge on any atom is -0.449 e. The molecule has 0 bridgehead atoms. The Kier molecular flexibility index (Phi) is 6.70. The number of carbonyl (C=O) groups excluding carboxylic acids is 3. The van der Waals surface area contributed by atoms with Crippen LogP contribution in [0.4, 0.5) is 0 Å². The van der Waals surface area contributed by atoms with E-state index in [4.69, 9.17) is 4.74 Å². The number of esters is 1. The number of carbonyl (C=O) groups is 3. The average Bonchev–Trinajstić information content (AvgIpc) is 3.12. The molecule has 0 saturated carbocycles. The number of likely N-dealkylation sites (tertiary alicyclic amines) is 2. The second-order valence-electron chi connectivity index (χ2n) is 7.75. The van der Waals surface area contributed by atoms with E-state index in [-0.39, 0.29) is 17.9 Å². The number of hydrogen-bond acceptors (Lipinski definition) is 4. The van der Waals surface area contributed by atoms with Gasteiger partial charge in [0, 0.05) is 32.1 Å². The monoisotopic (exact) mass is 386 g/mol. The van der Waals surface area contributed by atoms with E-state index in [1.165, 1.54) is 0 Å². The van der Waals surface area contributed by atoms with Crippen molar-refractivity contribution in [3.8, 4) is 0 Å². The lowest BCUT2D eigenvalue weighted by molar-refractivity contribution is -0.143. The van der Waals surface area contributed by atoms with Crippen LogP contribution < -0.4 is 0 Å². The summed E-state index contributed by atoms with van der Waals surface area (Å²) in [5.41, 5.74) is 1.40. The average molecular weight is 386 g/mol. The van der Waals surface area contributed by atoms with Gasteiger partial charge in [-0.05, 0) is 56.7 Å². The van der Waals surface area contributed by atoms with E-state index in [1.807, 2.05) is 21.9 Å². The molecule has 2 saturated heterocycles. The molecule has 0 radical (unpaired) electrons. The molecule has 2 heterocycles. The van der Waals surface area contributed by atoms with Crippen LogP contribution in [0.2, 0.25) is 0 Å². The van der Waals surface area contributed by atoms with Crippen molar-refractivity contribution in [2.24, 2.45) is 0 Å². The van der Waals surface area contributed by atoms with E-state index in [1.54, 1.807) is 19.1 Å². The van der Waals surface area contributed by atoms with E-state index in [9.17, 15) is 14.4 Å². The first-order chi connectivity index (χ1) is 13.5. The van der Waals surface area contributed by atoms with Gasteiger partial charge >= 0.3 is 5.97 Å². The van der Waals surface area contributed by atoms with Gasteiger partial charge in [-0.15, -0.1) is 0 Å². The molecule has 3 rings (SSSR count). The van der Waals surface area contributed by atoms with Gasteiger partial charge in [-0.25, -0.2) is 4.79 Å². The zero-order valence-electron chi connectivity index (χ0n) is 16.9. The number of ether oxygens (including phenoxy) is 1. The van der Waals surface area contributed by atoms with Crippen LogP contribution in [0, 0.1) is 0 Å². The number of piperidine rings is 1. The van der Waals surface area contributed by atoms with E-state index >= 15 is 0 Å². The van der Waals surface area contributed by atoms with Crippen LogP contribution in [-0.4, -0.2) is 52.8 Å². The van der Waals surface area contributed by atoms with Crippen LogP contribution in [0.3, 0.4) is 0 Å². The van der Waals surface area contributed by atoms with Gasteiger partial charge in [-0.3, -0.25) is 9.59 Å². The Labute approximate surface area is 166 Å². The summed E-state index contributed by atoms with van der Waals surface area (Å²) in [6.45, 7) is 5.83. The number of nitrogens with zero attached hydrogens (tertiary/aromatic N) is 2. The highest BCUT2D eigenvalue weighted by atomic mass is 16.5. The van der Waals surface area contributed by atoms with E-state index < -0.39 is 12.1 Å². The van der Waals surface area contributed by atoms with Gasteiger partial charge in [0.05, 0.1) is 5.56 Å². The van der Waals surface area contributed by atoms with Crippen molar-refractivity contribution in [1.29, 1.82) is 0 Å². The molecule has 0 N–H and O–H groups in total. The second kappa shape index (κ2) is 9.22. The summed E-state index contributed by atoms with van der Waals surface area (Å²) in [5.74, 6) is -0.419. The van der Waals surface area contributed by atoms with Crippen LogP contribution in [0.1, 0.15) is 68.3 Å². The lowest BCUT2D eigenvalue weighted by atomic mass is 9.99. The molecule has 0 spiro atoms. The van der Waals surface area contributed by atoms with Crippen molar-refractivity contribution < 1.29 is 19.1 Å². The molecule has 28 heavy (non-hydrogen) atoms. The van der Waals surface area contributed by atoms with Crippen LogP contribution >= 0.6 is 0 Å². The third-order valence-corrected chi connectivity index (χ3v) is 5.75. The van der Waals surface area contributed by atoms with Gasteiger partial charge < -0.3 is 14.5 Å². The number of hydrogen-bond donors (Lipinski definition) is 0. The standard InChI is InChI=1S/C22H30N2O4/c1-3-19-7-4-5-14-24(19)21(26)16(2)28-22(27)18-11-9-17(10-12-18)15-23-13-6-8-20(23)25/h9-12,16,19H,3-8,13-15H2,1-2H3. The molecule has 1 aromatic carbocycles. The smallest absolute Gasteiger partial charge is 0.338 e. The normalized spacial score (nSPS) is 20.9. The highest BCUT2D eigenvalue weighted by molar-refractivity contribution is 5.92. The maximum Gasteiger partial charge on any atom is 0.338 e. The molecule has 1 aromatic rings. The lowest BCUT2D eigenvalue weighted by Crippen LogP contribution is -2.48. The first-order valence-electron chi connectivity index (χ1n) is 10.4. The molecular formula is C22H30N2O4. The summed E-state index contributed by atoms with van der Waals surface area (Å²) < 4.78 is 5.44. The molecule has 2 aliphatic rings. The number of benzene rings is 1. The molecule has 2 unspecified atom stereocenters. The van der Waals surface area contributed by atoms with Gasteiger partial charge in [0.2, 0.25) is 5.91 Å². The zero-order valence-corrected chi connectivity index (χ0v) is 16.9. The van der Waals surface area contributed by atoms with Gasteiger partial charge in [-0.1, -0.05) is 19.1 Å². The van der Waals surface area contributed by atoms with Crippen molar-refractivity contribution in [3.63, 3.8) is 0 Å². The Bertz CT molecular complexity index is 716. The molecule has 152 valence electrons. The molecular weight excluding hydrogens is 356 g/mol. The first-order valence-corrected chi connectivity index (χ1v) is 10.4. The van der Waals surface area contributed by atoms with Crippen molar-refractivity contribution in [3.05, 3.63) is 35.4 Å². The maximum atomic E-state index is 12.7. The molecule has 0 aromatic heterocycles. The Balaban J connectivity index is 1.56. The van der Waals surface area contributed by atoms with Gasteiger partial charge in [0.1, 0.15) is 0 Å². The molecule has 2 aliphatic heterocycles. The summed E-state index contributed by atoms with van der Waals surface area (Å²) in [6, 6.07) is 7.32. The second-order valence-corrected chi connectivity index (χ2v) is 7.75. The molecule has 2 amide bonds. The summed E-state index contributed by atoms with van der Waals surface area (Å²) in [6.07, 6.45) is 4.83. The largest absolute Gasteiger partial charge is 0.449 e. The Morgan fingerprint density at radius 3 is 2.54 bits per heavy atom. The molecule has 0 aliphatic carbocycles. The Morgan fingerprint density at radius 2 is 1.89 bits per heavy atom. The predicted octanol–water partition coefficient (Wildman–Crippen LogP) is 3.15. The topological polar surface area (TPSA) is 66.9 Å². The fourth-order valence-corrected chi connectivity index (χ4v) is 4.07. The highest BCUT2D eigenvalue weighted by Gasteiger charge is 2.30. The fourth-order valence-electron chi connectivity index (χ4n) is 4.07. The van der Waals surface area contributed by atoms with Gasteiger partial charge in [0.15, 0.2) is 6.10 Å². The molecule has 2 fully saturated rings. The third kappa shape index (κ3) is 4.72. The van der Waals surface area contributed by atoms with E-state index in [2.05, 4.69) is 6.92 Å². The quantitative estimate of drug-likeness (QED) is 0.705. The van der Waals surface area contributed by atoms with Crippen LogP contribution in [-0.2, 0) is 20.9 Å². The van der Waals surface area contributed by atoms with Crippen molar-refractivity contribution in [1.82, 2.24) is 9.80 Å². The Morgan fingerprint density at radius 1 is 1.14 bits per heavy atom. The number of rotatable bonds is 6. The van der Waals surface area contributed by atoms with Crippen LogP contribution in [0.25, 0.3) is 0 Å². The number of amides is 2. The van der Waals surface area contributed by atoms with E-state index in [0.717, 1.165) is 50.8 Å². The summed E-state index contributed by atoms with van der Waals surface area (Å²) in [4.78, 5) is 40.6. The van der Waals surface area contributed by atoms with Gasteiger partial charge in [-0.2, -0.15) is 0 Å². The van der Waals surface area contributed by atoms with Gasteiger partial charge in [0.25, 0.3) is 5.91 Å². The Hall–Kier alpha value is -2.37. The third-order valence-electron chi connectivity index (χ3n) is 5.75. The summed E-state index contributed by atoms with van der Waals surface area (Å²) in [7, 11) is 0. The fraction of sp³-hybridized carbons (Fsp3) is 0.591. The minimum atomic E-state index is -0.790. The summed E-state index contributed by atoms with van der Waals surface area (Å²) in [5, 5.41) is 0. The van der Waals surface area contributed by atoms with Crippen molar-refractivity contribution in [2.75, 3.05) is 13.1 Å². The lowest BCUT2D eigenvalue weighted by Gasteiger charge is -2.36. The SMILES string of the molecule is CCC1CCCCN1C(=O)C(C)OC(=O)c1ccc(CN2CCCC2=O)cc1. The maximum absolute atomic E-state index is 12.7. The molecule has 6 heteroatoms. The first kappa shape index (κ1) is 20.4. The minimum absolute atomic E-state index is 0.107. The van der Waals surface area contributed by atoms with Crippen molar-refractivity contribution in [2.45, 2.75) is 71.1 Å². The molecule has 2 atom stereocenters. The molecule has 6 nitrogen and oxygen atoms in total. The van der Waals surface area contributed by atoms with Crippen LogP contribution in [0.15, 0.2) is 24.3 Å². The van der Waals surface area contributed by atoms with E-state index in [0.29, 0.717) is 18.5 Å². The van der Waals surface area contributed by atoms with Crippen molar-refractivity contribution >= 4 is 17.8 Å². The summed E-state index contributed by atoms with van der Waals surface area (Å²) >= 11 is 0. The highest BCUT2D eigenvalue weighted by Crippen LogP contribution is 2.21.